The molecule has 25 heavy (non-hydrogen) atoms. The maximum atomic E-state index is 12.2. The van der Waals surface area contributed by atoms with E-state index in [1.807, 2.05) is 25.2 Å². The molecule has 0 bridgehead atoms. The molecule has 0 aliphatic heterocycles. The summed E-state index contributed by atoms with van der Waals surface area (Å²) in [5.41, 5.74) is 2.73. The van der Waals surface area contributed by atoms with Crippen LogP contribution in [0.15, 0.2) is 36.8 Å². The Kier molecular flexibility index (Phi) is 4.01. The molecule has 1 atom stereocenters. The quantitative estimate of drug-likeness (QED) is 0.709. The van der Waals surface area contributed by atoms with Gasteiger partial charge in [0.25, 0.3) is 0 Å². The van der Waals surface area contributed by atoms with Gasteiger partial charge in [0.05, 0.1) is 29.6 Å². The third-order valence-electron chi connectivity index (χ3n) is 4.47. The van der Waals surface area contributed by atoms with Crippen LogP contribution in [0.25, 0.3) is 11.0 Å². The molecule has 1 aliphatic carbocycles. The van der Waals surface area contributed by atoms with Crippen LogP contribution in [0.1, 0.15) is 30.4 Å². The van der Waals surface area contributed by atoms with Gasteiger partial charge in [0, 0.05) is 25.7 Å². The van der Waals surface area contributed by atoms with Gasteiger partial charge in [0.15, 0.2) is 0 Å². The smallest absolute Gasteiger partial charge is 0.249 e. The lowest BCUT2D eigenvalue weighted by Gasteiger charge is -2.11. The molecule has 0 radical (unpaired) electrons. The fourth-order valence-electron chi connectivity index (χ4n) is 3.11. The Morgan fingerprint density at radius 1 is 1.40 bits per heavy atom. The van der Waals surface area contributed by atoms with Crippen molar-refractivity contribution in [1.82, 2.24) is 24.4 Å². The van der Waals surface area contributed by atoms with Crippen LogP contribution < -0.4 is 5.32 Å². The Morgan fingerprint density at radius 2 is 2.20 bits per heavy atom. The standard InChI is InChI=1S/C18H21N5O2/c1-22-10-12(20-11-22)8-16(24)18(25)19-9-17-21-14-4-2-3-5-15(14)23(17)13-6-7-13/h2-5,10-11,13,16,24H,6-9H2,1H3,(H,19,25). The van der Waals surface area contributed by atoms with E-state index in [9.17, 15) is 9.90 Å². The van der Waals surface area contributed by atoms with E-state index in [1.54, 1.807) is 17.1 Å². The molecule has 1 fully saturated rings. The topological polar surface area (TPSA) is 85.0 Å². The van der Waals surface area contributed by atoms with E-state index < -0.39 is 12.0 Å². The van der Waals surface area contributed by atoms with E-state index in [4.69, 9.17) is 0 Å². The number of para-hydroxylation sites is 2. The van der Waals surface area contributed by atoms with Crippen molar-refractivity contribution in [2.24, 2.45) is 7.05 Å². The first-order chi connectivity index (χ1) is 12.1. The second kappa shape index (κ2) is 6.33. The number of benzene rings is 1. The van der Waals surface area contributed by atoms with Crippen molar-refractivity contribution in [2.75, 3.05) is 0 Å². The molecule has 1 saturated carbocycles. The first-order valence-electron chi connectivity index (χ1n) is 8.50. The Balaban J connectivity index is 1.45. The zero-order chi connectivity index (χ0) is 17.4. The number of amides is 1. The van der Waals surface area contributed by atoms with Crippen LogP contribution >= 0.6 is 0 Å². The summed E-state index contributed by atoms with van der Waals surface area (Å²) in [5.74, 6) is 0.433. The number of hydrogen-bond acceptors (Lipinski definition) is 4. The van der Waals surface area contributed by atoms with Gasteiger partial charge in [-0.15, -0.1) is 0 Å². The number of aliphatic hydroxyl groups is 1. The zero-order valence-corrected chi connectivity index (χ0v) is 14.1. The predicted octanol–water partition coefficient (Wildman–Crippen LogP) is 1.32. The van der Waals surface area contributed by atoms with Crippen molar-refractivity contribution in [3.05, 3.63) is 48.3 Å². The summed E-state index contributed by atoms with van der Waals surface area (Å²) in [6, 6.07) is 8.47. The average molecular weight is 339 g/mol. The van der Waals surface area contributed by atoms with Gasteiger partial charge in [-0.25, -0.2) is 9.97 Å². The molecule has 4 rings (SSSR count). The summed E-state index contributed by atoms with van der Waals surface area (Å²) >= 11 is 0. The first kappa shape index (κ1) is 15.8. The molecule has 0 saturated heterocycles. The maximum absolute atomic E-state index is 12.2. The van der Waals surface area contributed by atoms with Crippen molar-refractivity contribution in [1.29, 1.82) is 0 Å². The van der Waals surface area contributed by atoms with Crippen molar-refractivity contribution in [2.45, 2.75) is 38.0 Å². The maximum Gasteiger partial charge on any atom is 0.249 e. The second-order valence-electron chi connectivity index (χ2n) is 6.59. The van der Waals surface area contributed by atoms with E-state index in [-0.39, 0.29) is 6.42 Å². The zero-order valence-electron chi connectivity index (χ0n) is 14.1. The highest BCUT2D eigenvalue weighted by molar-refractivity contribution is 5.81. The Hall–Kier alpha value is -2.67. The van der Waals surface area contributed by atoms with Gasteiger partial charge >= 0.3 is 0 Å². The van der Waals surface area contributed by atoms with E-state index in [0.29, 0.717) is 18.3 Å². The van der Waals surface area contributed by atoms with Crippen LogP contribution in [-0.4, -0.2) is 36.2 Å². The number of rotatable bonds is 6. The predicted molar refractivity (Wildman–Crippen MR) is 92.8 cm³/mol. The number of aliphatic hydroxyl groups excluding tert-OH is 1. The van der Waals surface area contributed by atoms with Crippen LogP contribution in [0.4, 0.5) is 0 Å². The number of carbonyl (C=O) groups excluding carboxylic acids is 1. The SMILES string of the molecule is Cn1cnc(CC(O)C(=O)NCc2nc3ccccc3n2C2CC2)c1. The van der Waals surface area contributed by atoms with E-state index in [2.05, 4.69) is 25.9 Å². The van der Waals surface area contributed by atoms with Crippen molar-refractivity contribution >= 4 is 16.9 Å². The lowest BCUT2D eigenvalue weighted by atomic mass is 10.2. The molecular weight excluding hydrogens is 318 g/mol. The van der Waals surface area contributed by atoms with E-state index >= 15 is 0 Å². The number of fused-ring (bicyclic) bond motifs is 1. The van der Waals surface area contributed by atoms with Gasteiger partial charge in [-0.3, -0.25) is 4.79 Å². The number of hydrogen-bond donors (Lipinski definition) is 2. The molecular formula is C18H21N5O2. The first-order valence-corrected chi connectivity index (χ1v) is 8.50. The van der Waals surface area contributed by atoms with Crippen LogP contribution in [0.3, 0.4) is 0 Å². The number of aromatic nitrogens is 4. The third kappa shape index (κ3) is 3.28. The average Bonchev–Trinajstić information content (AvgIpc) is 3.25. The largest absolute Gasteiger partial charge is 0.383 e. The molecule has 3 aromatic rings. The van der Waals surface area contributed by atoms with Gasteiger partial charge in [0.2, 0.25) is 5.91 Å². The fraction of sp³-hybridized carbons (Fsp3) is 0.389. The molecule has 1 aromatic carbocycles. The Bertz CT molecular complexity index is 909. The molecule has 1 unspecified atom stereocenters. The highest BCUT2D eigenvalue weighted by atomic mass is 16.3. The molecule has 2 heterocycles. The van der Waals surface area contributed by atoms with Gasteiger partial charge in [-0.05, 0) is 25.0 Å². The van der Waals surface area contributed by atoms with Crippen LogP contribution in [0.5, 0.6) is 0 Å². The number of aryl methyl sites for hydroxylation is 1. The molecule has 0 spiro atoms. The Labute approximate surface area is 145 Å². The Morgan fingerprint density at radius 3 is 2.92 bits per heavy atom. The van der Waals surface area contributed by atoms with Gasteiger partial charge in [0.1, 0.15) is 11.9 Å². The lowest BCUT2D eigenvalue weighted by Crippen LogP contribution is -2.36. The fourth-order valence-corrected chi connectivity index (χ4v) is 3.11. The molecule has 7 nitrogen and oxygen atoms in total. The summed E-state index contributed by atoms with van der Waals surface area (Å²) in [6.45, 7) is 0.309. The minimum absolute atomic E-state index is 0.200. The van der Waals surface area contributed by atoms with Crippen molar-refractivity contribution in [3.8, 4) is 0 Å². The van der Waals surface area contributed by atoms with Gasteiger partial charge in [-0.1, -0.05) is 12.1 Å². The number of nitrogens with one attached hydrogen (secondary N) is 1. The van der Waals surface area contributed by atoms with Gasteiger partial charge < -0.3 is 19.6 Å². The van der Waals surface area contributed by atoms with E-state index in [0.717, 1.165) is 29.7 Å². The lowest BCUT2D eigenvalue weighted by molar-refractivity contribution is -0.129. The summed E-state index contributed by atoms with van der Waals surface area (Å²) < 4.78 is 4.00. The van der Waals surface area contributed by atoms with Crippen LogP contribution in [-0.2, 0) is 24.8 Å². The highest BCUT2D eigenvalue weighted by Gasteiger charge is 2.28. The van der Waals surface area contributed by atoms with Crippen LogP contribution in [0, 0.1) is 0 Å². The molecule has 2 N–H and O–H groups in total. The number of nitrogens with zero attached hydrogens (tertiary/aromatic N) is 4. The molecule has 130 valence electrons. The minimum Gasteiger partial charge on any atom is -0.383 e. The monoisotopic (exact) mass is 339 g/mol. The highest BCUT2D eigenvalue weighted by Crippen LogP contribution is 2.38. The summed E-state index contributed by atoms with van der Waals surface area (Å²) in [6.07, 6.45) is 4.81. The normalized spacial score (nSPS) is 15.4. The molecule has 7 heteroatoms. The molecule has 1 amide bonds. The van der Waals surface area contributed by atoms with Crippen LogP contribution in [0.2, 0.25) is 0 Å². The second-order valence-corrected chi connectivity index (χ2v) is 6.59. The number of carbonyl (C=O) groups is 1. The van der Waals surface area contributed by atoms with Crippen molar-refractivity contribution in [3.63, 3.8) is 0 Å². The summed E-state index contributed by atoms with van der Waals surface area (Å²) in [4.78, 5) is 21.0. The number of imidazole rings is 2. The minimum atomic E-state index is -1.12. The van der Waals surface area contributed by atoms with Crippen molar-refractivity contribution < 1.29 is 9.90 Å². The third-order valence-corrected chi connectivity index (χ3v) is 4.47. The molecule has 1 aliphatic rings. The summed E-state index contributed by atoms with van der Waals surface area (Å²) in [7, 11) is 1.85. The summed E-state index contributed by atoms with van der Waals surface area (Å²) in [5, 5.41) is 12.9. The molecule has 2 aromatic heterocycles. The van der Waals surface area contributed by atoms with Gasteiger partial charge in [-0.2, -0.15) is 0 Å². The van der Waals surface area contributed by atoms with E-state index in [1.165, 1.54) is 0 Å².